The first-order valence-corrected chi connectivity index (χ1v) is 5.60. The molecule has 5 heteroatoms. The topological polar surface area (TPSA) is 64.3 Å². The predicted octanol–water partition coefficient (Wildman–Crippen LogP) is 2.67. The van der Waals surface area contributed by atoms with Crippen LogP contribution in [0.15, 0.2) is 42.5 Å². The summed E-state index contributed by atoms with van der Waals surface area (Å²) in [4.78, 5) is 11.9. The smallest absolute Gasteiger partial charge is 0.255 e. The van der Waals surface area contributed by atoms with Crippen LogP contribution in [0, 0.1) is 5.82 Å². The average Bonchev–Trinajstić information content (AvgIpc) is 2.38. The van der Waals surface area contributed by atoms with Gasteiger partial charge in [-0.1, -0.05) is 6.07 Å². The van der Waals surface area contributed by atoms with Crippen LogP contribution in [0.3, 0.4) is 0 Å². The summed E-state index contributed by atoms with van der Waals surface area (Å²) in [6.45, 7) is 0. The van der Waals surface area contributed by atoms with Gasteiger partial charge in [0.1, 0.15) is 0 Å². The van der Waals surface area contributed by atoms with Gasteiger partial charge in [-0.15, -0.1) is 0 Å². The lowest BCUT2D eigenvalue weighted by atomic mass is 10.2. The van der Waals surface area contributed by atoms with Crippen molar-refractivity contribution in [1.82, 2.24) is 0 Å². The highest BCUT2D eigenvalue weighted by Gasteiger charge is 2.10. The summed E-state index contributed by atoms with van der Waals surface area (Å²) in [5.41, 5.74) is 6.91. The zero-order valence-corrected chi connectivity index (χ0v) is 10.3. The minimum absolute atomic E-state index is 0.0977. The molecule has 0 aliphatic heterocycles. The quantitative estimate of drug-likeness (QED) is 0.834. The van der Waals surface area contributed by atoms with E-state index in [0.717, 1.165) is 6.07 Å². The second-order valence-electron chi connectivity index (χ2n) is 3.93. The maximum atomic E-state index is 13.5. The molecule has 98 valence electrons. The average molecular weight is 260 g/mol. The normalized spacial score (nSPS) is 10.0. The zero-order chi connectivity index (χ0) is 13.8. The van der Waals surface area contributed by atoms with E-state index in [1.165, 1.54) is 19.2 Å². The summed E-state index contributed by atoms with van der Waals surface area (Å²) in [6, 6.07) is 10.8. The van der Waals surface area contributed by atoms with E-state index < -0.39 is 11.7 Å². The minimum Gasteiger partial charge on any atom is -0.494 e. The molecule has 1 amide bonds. The lowest BCUT2D eigenvalue weighted by molar-refractivity contribution is 0.102. The molecule has 0 heterocycles. The van der Waals surface area contributed by atoms with Gasteiger partial charge in [0.15, 0.2) is 11.6 Å². The number of hydrogen-bond acceptors (Lipinski definition) is 3. The number of amides is 1. The molecule has 0 fully saturated rings. The number of methoxy groups -OCH3 is 1. The fourth-order valence-corrected chi connectivity index (χ4v) is 1.63. The number of benzene rings is 2. The van der Waals surface area contributed by atoms with Gasteiger partial charge >= 0.3 is 0 Å². The van der Waals surface area contributed by atoms with Gasteiger partial charge in [-0.2, -0.15) is 0 Å². The highest BCUT2D eigenvalue weighted by atomic mass is 19.1. The Labute approximate surface area is 110 Å². The number of carbonyl (C=O) groups is 1. The van der Waals surface area contributed by atoms with Crippen LogP contribution >= 0.6 is 0 Å². The first-order valence-electron chi connectivity index (χ1n) is 5.60. The Balaban J connectivity index is 2.18. The Bertz CT molecular complexity index is 614. The van der Waals surface area contributed by atoms with Crippen molar-refractivity contribution in [2.75, 3.05) is 18.2 Å². The van der Waals surface area contributed by atoms with Crippen molar-refractivity contribution in [2.24, 2.45) is 0 Å². The van der Waals surface area contributed by atoms with Gasteiger partial charge in [0.05, 0.1) is 7.11 Å². The molecule has 2 aromatic carbocycles. The summed E-state index contributed by atoms with van der Waals surface area (Å²) in [5.74, 6) is -0.893. The van der Waals surface area contributed by atoms with E-state index in [2.05, 4.69) is 5.32 Å². The summed E-state index contributed by atoms with van der Waals surface area (Å²) < 4.78 is 18.3. The number of nitrogen functional groups attached to an aromatic ring is 1. The summed E-state index contributed by atoms with van der Waals surface area (Å²) in [5, 5.41) is 2.64. The molecule has 0 aliphatic rings. The zero-order valence-electron chi connectivity index (χ0n) is 10.3. The summed E-state index contributed by atoms with van der Waals surface area (Å²) in [7, 11) is 1.37. The molecule has 4 nitrogen and oxygen atoms in total. The lowest BCUT2D eigenvalue weighted by Gasteiger charge is -2.07. The molecular weight excluding hydrogens is 247 g/mol. The predicted molar refractivity (Wildman–Crippen MR) is 71.8 cm³/mol. The van der Waals surface area contributed by atoms with Gasteiger partial charge in [-0.05, 0) is 36.4 Å². The van der Waals surface area contributed by atoms with E-state index in [0.29, 0.717) is 11.4 Å². The molecule has 0 aliphatic carbocycles. The number of anilines is 2. The molecule has 0 aromatic heterocycles. The van der Waals surface area contributed by atoms with Crippen LogP contribution in [-0.4, -0.2) is 13.0 Å². The van der Waals surface area contributed by atoms with E-state index in [1.54, 1.807) is 24.3 Å². The third kappa shape index (κ3) is 3.01. The third-order valence-corrected chi connectivity index (χ3v) is 2.56. The van der Waals surface area contributed by atoms with E-state index in [1.807, 2.05) is 0 Å². The number of halogens is 1. The molecule has 0 saturated carbocycles. The van der Waals surface area contributed by atoms with Gasteiger partial charge in [0.2, 0.25) is 0 Å². The van der Waals surface area contributed by atoms with Crippen molar-refractivity contribution < 1.29 is 13.9 Å². The highest BCUT2D eigenvalue weighted by Crippen LogP contribution is 2.19. The number of nitrogens with one attached hydrogen (secondary N) is 1. The Kier molecular flexibility index (Phi) is 3.66. The van der Waals surface area contributed by atoms with E-state index in [4.69, 9.17) is 10.5 Å². The summed E-state index contributed by atoms with van der Waals surface area (Å²) in [6.07, 6.45) is 0. The number of carbonyl (C=O) groups excluding carboxylic acids is 1. The van der Waals surface area contributed by atoms with Crippen molar-refractivity contribution in [1.29, 1.82) is 0 Å². The van der Waals surface area contributed by atoms with Crippen LogP contribution in [-0.2, 0) is 0 Å². The molecule has 0 radical (unpaired) electrons. The van der Waals surface area contributed by atoms with Crippen molar-refractivity contribution in [3.8, 4) is 5.75 Å². The van der Waals surface area contributed by atoms with Crippen LogP contribution in [0.2, 0.25) is 0 Å². The standard InChI is InChI=1S/C14H13FN2O2/c1-19-13-6-5-9(7-12(13)15)14(18)17-11-4-2-3-10(16)8-11/h2-8H,16H2,1H3,(H,17,18). The van der Waals surface area contributed by atoms with Crippen LogP contribution in [0.1, 0.15) is 10.4 Å². The van der Waals surface area contributed by atoms with Crippen molar-refractivity contribution in [2.45, 2.75) is 0 Å². The second-order valence-corrected chi connectivity index (χ2v) is 3.93. The SMILES string of the molecule is COc1ccc(C(=O)Nc2cccc(N)c2)cc1F. The molecule has 0 saturated heterocycles. The Hall–Kier alpha value is -2.56. The van der Waals surface area contributed by atoms with Crippen LogP contribution in [0.5, 0.6) is 5.75 Å². The van der Waals surface area contributed by atoms with Gasteiger partial charge in [-0.25, -0.2) is 4.39 Å². The van der Waals surface area contributed by atoms with E-state index >= 15 is 0 Å². The Morgan fingerprint density at radius 3 is 2.68 bits per heavy atom. The first-order chi connectivity index (χ1) is 9.10. The Morgan fingerprint density at radius 2 is 2.05 bits per heavy atom. The Morgan fingerprint density at radius 1 is 1.26 bits per heavy atom. The maximum Gasteiger partial charge on any atom is 0.255 e. The fourth-order valence-electron chi connectivity index (χ4n) is 1.63. The largest absolute Gasteiger partial charge is 0.494 e. The molecule has 0 atom stereocenters. The maximum absolute atomic E-state index is 13.5. The minimum atomic E-state index is -0.581. The molecule has 3 N–H and O–H groups in total. The number of hydrogen-bond donors (Lipinski definition) is 2. The van der Waals surface area contributed by atoms with Gasteiger partial charge in [0.25, 0.3) is 5.91 Å². The fraction of sp³-hybridized carbons (Fsp3) is 0.0714. The van der Waals surface area contributed by atoms with Gasteiger partial charge in [0, 0.05) is 16.9 Å². The van der Waals surface area contributed by atoms with Crippen molar-refractivity contribution in [3.05, 3.63) is 53.8 Å². The second kappa shape index (κ2) is 5.39. The molecular formula is C14H13FN2O2. The number of rotatable bonds is 3. The number of ether oxygens (including phenoxy) is 1. The van der Waals surface area contributed by atoms with Crippen LogP contribution < -0.4 is 15.8 Å². The molecule has 2 rings (SSSR count). The monoisotopic (exact) mass is 260 g/mol. The third-order valence-electron chi connectivity index (χ3n) is 2.56. The van der Waals surface area contributed by atoms with E-state index in [-0.39, 0.29) is 11.3 Å². The molecule has 0 unspecified atom stereocenters. The van der Waals surface area contributed by atoms with E-state index in [9.17, 15) is 9.18 Å². The molecule has 0 spiro atoms. The van der Waals surface area contributed by atoms with Crippen molar-refractivity contribution in [3.63, 3.8) is 0 Å². The highest BCUT2D eigenvalue weighted by molar-refractivity contribution is 6.04. The molecule has 19 heavy (non-hydrogen) atoms. The summed E-state index contributed by atoms with van der Waals surface area (Å²) >= 11 is 0. The van der Waals surface area contributed by atoms with Crippen molar-refractivity contribution >= 4 is 17.3 Å². The molecule has 0 bridgehead atoms. The van der Waals surface area contributed by atoms with Gasteiger partial charge < -0.3 is 15.8 Å². The van der Waals surface area contributed by atoms with Crippen LogP contribution in [0.4, 0.5) is 15.8 Å². The lowest BCUT2D eigenvalue weighted by Crippen LogP contribution is -2.12. The number of nitrogens with two attached hydrogens (primary N) is 1. The van der Waals surface area contributed by atoms with Crippen LogP contribution in [0.25, 0.3) is 0 Å². The molecule has 2 aromatic rings. The van der Waals surface area contributed by atoms with Gasteiger partial charge in [-0.3, -0.25) is 4.79 Å². The first kappa shape index (κ1) is 12.9.